The summed E-state index contributed by atoms with van der Waals surface area (Å²) >= 11 is 0. The Morgan fingerprint density at radius 1 is 0.255 bits per heavy atom. The van der Waals surface area contributed by atoms with Crippen LogP contribution in [-0.2, 0) is 0 Å². The van der Waals surface area contributed by atoms with E-state index < -0.39 is 0 Å². The molecule has 55 heavy (non-hydrogen) atoms. The molecule has 6 aromatic carbocycles. The highest BCUT2D eigenvalue weighted by Crippen LogP contribution is 2.39. The van der Waals surface area contributed by atoms with Gasteiger partial charge in [0.15, 0.2) is 0 Å². The summed E-state index contributed by atoms with van der Waals surface area (Å²) in [6.07, 6.45) is 7.30. The number of aromatic nitrogens is 2. The van der Waals surface area contributed by atoms with Gasteiger partial charge in [0.25, 0.3) is 0 Å². The lowest BCUT2D eigenvalue weighted by molar-refractivity contribution is 0.597. The van der Waals surface area contributed by atoms with Gasteiger partial charge >= 0.3 is 0 Å². The molecule has 0 radical (unpaired) electrons. The normalized spacial score (nSPS) is 10.9. The van der Waals surface area contributed by atoms with E-state index in [2.05, 4.69) is 165 Å². The molecule has 0 fully saturated rings. The summed E-state index contributed by atoms with van der Waals surface area (Å²) in [5.41, 5.74) is 13.0. The van der Waals surface area contributed by atoms with Crippen molar-refractivity contribution in [2.24, 2.45) is 0 Å². The van der Waals surface area contributed by atoms with Crippen molar-refractivity contribution in [1.29, 1.82) is 0 Å². The Hall–Kier alpha value is -7.50. The van der Waals surface area contributed by atoms with Crippen LogP contribution in [0.3, 0.4) is 0 Å². The van der Waals surface area contributed by atoms with E-state index in [0.717, 1.165) is 56.8 Å². The summed E-state index contributed by atoms with van der Waals surface area (Å²) in [5, 5.41) is 0. The molecule has 0 saturated carbocycles. The van der Waals surface area contributed by atoms with Crippen LogP contribution in [0.25, 0.3) is 44.9 Å². The van der Waals surface area contributed by atoms with E-state index in [1.54, 1.807) is 0 Å². The molecule has 3 aromatic heterocycles. The first-order valence-corrected chi connectivity index (χ1v) is 18.3. The summed E-state index contributed by atoms with van der Waals surface area (Å²) in [7, 11) is 0. The van der Waals surface area contributed by atoms with Crippen LogP contribution in [0.1, 0.15) is 0 Å². The maximum Gasteiger partial charge on any atom is 0.134 e. The Labute approximate surface area is 321 Å². The van der Waals surface area contributed by atoms with Crippen molar-refractivity contribution >= 4 is 34.1 Å². The van der Waals surface area contributed by atoms with Gasteiger partial charge in [-0.05, 0) is 131 Å². The lowest BCUT2D eigenvalue weighted by Crippen LogP contribution is -2.09. The standard InChI is InChI=1S/C50H36N4O/c1-3-7-37(8-4-1)39-11-19-43(20-12-39)53(47-29-33-51-34-30-47)45-23-15-41(16-24-45)49-27-28-50(55-49)42-17-25-46(26-18-42)54(48-31-35-52-36-32-48)44-21-13-40(14-22-44)38-9-5-2-6-10-38/h1-36H. The number of hydrogen-bond acceptors (Lipinski definition) is 5. The zero-order chi connectivity index (χ0) is 36.8. The molecule has 9 aromatic rings. The second-order valence-corrected chi connectivity index (χ2v) is 13.2. The zero-order valence-electron chi connectivity index (χ0n) is 30.0. The van der Waals surface area contributed by atoms with Gasteiger partial charge in [0.05, 0.1) is 0 Å². The average Bonchev–Trinajstić information content (AvgIpc) is 3.77. The van der Waals surface area contributed by atoms with Crippen LogP contribution < -0.4 is 9.80 Å². The molecule has 0 aliphatic heterocycles. The molecule has 0 aliphatic rings. The van der Waals surface area contributed by atoms with Gasteiger partial charge in [-0.2, -0.15) is 0 Å². The molecular formula is C50H36N4O. The fourth-order valence-electron chi connectivity index (χ4n) is 6.95. The van der Waals surface area contributed by atoms with E-state index in [1.165, 1.54) is 22.3 Å². The number of hydrogen-bond donors (Lipinski definition) is 0. The Balaban J connectivity index is 0.962. The Bertz CT molecular complexity index is 2410. The van der Waals surface area contributed by atoms with Crippen molar-refractivity contribution in [3.8, 4) is 44.9 Å². The second kappa shape index (κ2) is 15.2. The van der Waals surface area contributed by atoms with E-state index in [9.17, 15) is 0 Å². The number of pyridine rings is 2. The van der Waals surface area contributed by atoms with E-state index in [4.69, 9.17) is 4.42 Å². The van der Waals surface area contributed by atoms with Crippen LogP contribution in [0.2, 0.25) is 0 Å². The van der Waals surface area contributed by atoms with Gasteiger partial charge in [0, 0.05) is 70.0 Å². The molecule has 0 atom stereocenters. The topological polar surface area (TPSA) is 45.4 Å². The van der Waals surface area contributed by atoms with Crippen LogP contribution in [0, 0.1) is 0 Å². The van der Waals surface area contributed by atoms with E-state index in [1.807, 2.05) is 73.3 Å². The van der Waals surface area contributed by atoms with Crippen LogP contribution in [-0.4, -0.2) is 9.97 Å². The third kappa shape index (κ3) is 7.15. The highest BCUT2D eigenvalue weighted by Gasteiger charge is 2.16. The molecule has 5 nitrogen and oxygen atoms in total. The molecule has 0 spiro atoms. The minimum absolute atomic E-state index is 0.810. The SMILES string of the molecule is c1ccc(-c2ccc(N(c3ccncc3)c3ccc(-c4ccc(-c5ccc(N(c6ccncc6)c6ccc(-c7ccccc7)cc6)cc5)o4)cc3)cc2)cc1. The van der Waals surface area contributed by atoms with Crippen molar-refractivity contribution < 1.29 is 4.42 Å². The molecule has 0 saturated heterocycles. The minimum atomic E-state index is 0.810. The third-order valence-electron chi connectivity index (χ3n) is 9.73. The first-order chi connectivity index (χ1) is 27.3. The summed E-state index contributed by atoms with van der Waals surface area (Å²) in [5.74, 6) is 1.62. The first kappa shape index (κ1) is 33.3. The molecule has 0 aliphatic carbocycles. The molecular weight excluding hydrogens is 673 g/mol. The molecule has 0 amide bonds. The van der Waals surface area contributed by atoms with Crippen LogP contribution in [0.5, 0.6) is 0 Å². The molecule has 262 valence electrons. The first-order valence-electron chi connectivity index (χ1n) is 18.3. The Kier molecular flexibility index (Phi) is 9.23. The lowest BCUT2D eigenvalue weighted by atomic mass is 10.0. The quantitative estimate of drug-likeness (QED) is 0.142. The van der Waals surface area contributed by atoms with Gasteiger partial charge in [-0.15, -0.1) is 0 Å². The zero-order valence-corrected chi connectivity index (χ0v) is 30.0. The number of rotatable bonds is 10. The van der Waals surface area contributed by atoms with Gasteiger partial charge in [0.2, 0.25) is 0 Å². The van der Waals surface area contributed by atoms with Crippen molar-refractivity contribution in [3.63, 3.8) is 0 Å². The predicted octanol–water partition coefficient (Wildman–Crippen LogP) is 13.7. The highest BCUT2D eigenvalue weighted by atomic mass is 16.3. The third-order valence-corrected chi connectivity index (χ3v) is 9.73. The summed E-state index contributed by atoms with van der Waals surface area (Å²) in [6.45, 7) is 0. The largest absolute Gasteiger partial charge is 0.456 e. The highest BCUT2D eigenvalue weighted by molar-refractivity contribution is 5.81. The number of nitrogens with zero attached hydrogens (tertiary/aromatic N) is 4. The van der Waals surface area contributed by atoms with Gasteiger partial charge in [-0.1, -0.05) is 84.9 Å². The maximum absolute atomic E-state index is 6.46. The molecule has 3 heterocycles. The second-order valence-electron chi connectivity index (χ2n) is 13.2. The van der Waals surface area contributed by atoms with Crippen molar-refractivity contribution in [1.82, 2.24) is 9.97 Å². The lowest BCUT2D eigenvalue weighted by Gasteiger charge is -2.25. The monoisotopic (exact) mass is 708 g/mol. The number of anilines is 6. The van der Waals surface area contributed by atoms with Gasteiger partial charge in [-0.3, -0.25) is 9.97 Å². The summed E-state index contributed by atoms with van der Waals surface area (Å²) in [6, 6.07) is 67.4. The minimum Gasteiger partial charge on any atom is -0.456 e. The Morgan fingerprint density at radius 3 is 0.855 bits per heavy atom. The number of benzene rings is 6. The smallest absolute Gasteiger partial charge is 0.134 e. The van der Waals surface area contributed by atoms with Gasteiger partial charge in [-0.25, -0.2) is 0 Å². The maximum atomic E-state index is 6.46. The fourth-order valence-corrected chi connectivity index (χ4v) is 6.95. The molecule has 0 N–H and O–H groups in total. The van der Waals surface area contributed by atoms with Gasteiger partial charge < -0.3 is 14.2 Å². The Morgan fingerprint density at radius 2 is 0.527 bits per heavy atom. The number of furan rings is 1. The van der Waals surface area contributed by atoms with Crippen molar-refractivity contribution in [2.45, 2.75) is 0 Å². The van der Waals surface area contributed by atoms with Gasteiger partial charge in [0.1, 0.15) is 11.5 Å². The van der Waals surface area contributed by atoms with E-state index in [0.29, 0.717) is 0 Å². The summed E-state index contributed by atoms with van der Waals surface area (Å²) < 4.78 is 6.46. The fraction of sp³-hybridized carbons (Fsp3) is 0. The van der Waals surface area contributed by atoms with Crippen molar-refractivity contribution in [3.05, 3.63) is 219 Å². The summed E-state index contributed by atoms with van der Waals surface area (Å²) in [4.78, 5) is 13.0. The van der Waals surface area contributed by atoms with Crippen molar-refractivity contribution in [2.75, 3.05) is 9.80 Å². The molecule has 0 unspecified atom stereocenters. The van der Waals surface area contributed by atoms with E-state index >= 15 is 0 Å². The molecule has 5 heteroatoms. The molecule has 0 bridgehead atoms. The van der Waals surface area contributed by atoms with Crippen LogP contribution >= 0.6 is 0 Å². The average molecular weight is 709 g/mol. The molecule has 9 rings (SSSR count). The van der Waals surface area contributed by atoms with E-state index in [-0.39, 0.29) is 0 Å². The predicted molar refractivity (Wildman–Crippen MR) is 225 cm³/mol. The van der Waals surface area contributed by atoms with Crippen LogP contribution in [0.15, 0.2) is 223 Å². The van der Waals surface area contributed by atoms with Crippen LogP contribution in [0.4, 0.5) is 34.1 Å².